The molecule has 36 heavy (non-hydrogen) atoms. The maximum absolute atomic E-state index is 15.0. The van der Waals surface area contributed by atoms with Gasteiger partial charge in [0.2, 0.25) is 0 Å². The van der Waals surface area contributed by atoms with Crippen LogP contribution in [-0.4, -0.2) is 69.7 Å². The second kappa shape index (κ2) is 6.32. The normalized spacial score (nSPS) is 42.7. The van der Waals surface area contributed by atoms with E-state index in [2.05, 4.69) is 4.74 Å². The summed E-state index contributed by atoms with van der Waals surface area (Å²) in [6, 6.07) is 0. The third kappa shape index (κ3) is 2.09. The Hall–Kier alpha value is -2.04. The molecule has 0 spiro atoms. The molecule has 0 amide bonds. The number of carbonyl (C=O) groups is 1. The minimum atomic E-state index is -7.94. The topological polar surface area (TPSA) is 35.5 Å². The van der Waals surface area contributed by atoms with Crippen LogP contribution in [0.2, 0.25) is 0 Å². The summed E-state index contributed by atoms with van der Waals surface area (Å²) in [5.41, 5.74) is -33.4. The van der Waals surface area contributed by atoms with Crippen LogP contribution in [0.25, 0.3) is 0 Å². The van der Waals surface area contributed by atoms with Crippen LogP contribution in [0, 0.1) is 0 Å². The fourth-order valence-corrected chi connectivity index (χ4v) is 4.53. The quantitative estimate of drug-likeness (QED) is 0.184. The highest BCUT2D eigenvalue weighted by Crippen LogP contribution is 2.88. The molecule has 3 nitrogen and oxygen atoms in total. The third-order valence-electron chi connectivity index (χ3n) is 6.38. The molecule has 0 aromatic heterocycles. The lowest BCUT2D eigenvalue weighted by atomic mass is 9.40. The van der Waals surface area contributed by atoms with Gasteiger partial charge >= 0.3 is 64.1 Å². The Morgan fingerprint density at radius 1 is 0.583 bits per heavy atom. The predicted molar refractivity (Wildman–Crippen MR) is 84.6 cm³/mol. The highest BCUT2D eigenvalue weighted by atomic mass is 19.3. The number of rotatable bonds is 3. The molecule has 4 bridgehead atoms. The standard InChI is InChI=1S/C18H13F15O3/c1-6(5-35-8(2,3)4)7(34)36-12-16(28,29)9(19)13(22,23)10(20,17(12,30)31)15(26,27)11(21,14(9,24)25)18(12,32)33/h5H,1-4H3. The van der Waals surface area contributed by atoms with Gasteiger partial charge in [0, 0.05) is 0 Å². The number of hydrogen-bond donors (Lipinski definition) is 0. The zero-order valence-electron chi connectivity index (χ0n) is 18.0. The highest BCUT2D eigenvalue weighted by molar-refractivity contribution is 5.88. The summed E-state index contributed by atoms with van der Waals surface area (Å²) < 4.78 is 228. The Kier molecular flexibility index (Phi) is 5.01. The summed E-state index contributed by atoms with van der Waals surface area (Å²) >= 11 is 0. The lowest BCUT2D eigenvalue weighted by molar-refractivity contribution is -0.614. The van der Waals surface area contributed by atoms with Crippen molar-refractivity contribution in [3.8, 4) is 0 Å². The second-order valence-electron chi connectivity index (χ2n) is 9.52. The smallest absolute Gasteiger partial charge is 0.345 e. The van der Waals surface area contributed by atoms with Crippen molar-refractivity contribution in [1.82, 2.24) is 0 Å². The van der Waals surface area contributed by atoms with Crippen LogP contribution in [0.4, 0.5) is 65.9 Å². The van der Waals surface area contributed by atoms with Gasteiger partial charge in [-0.25, -0.2) is 18.0 Å². The lowest BCUT2D eigenvalue weighted by Gasteiger charge is -2.74. The van der Waals surface area contributed by atoms with E-state index in [9.17, 15) is 70.7 Å². The molecule has 4 rings (SSSR count). The largest absolute Gasteiger partial charge is 0.495 e. The summed E-state index contributed by atoms with van der Waals surface area (Å²) in [5, 5.41) is 0. The van der Waals surface area contributed by atoms with Gasteiger partial charge in [-0.05, 0) is 27.7 Å². The van der Waals surface area contributed by atoms with Gasteiger partial charge in [0.05, 0.1) is 17.4 Å². The average molecular weight is 562 g/mol. The third-order valence-corrected chi connectivity index (χ3v) is 6.38. The van der Waals surface area contributed by atoms with Gasteiger partial charge < -0.3 is 9.47 Å². The molecule has 4 aliphatic rings. The monoisotopic (exact) mass is 562 g/mol. The first kappa shape index (κ1) is 28.5. The number of alkyl halides is 15. The zero-order chi connectivity index (χ0) is 28.8. The molecule has 0 atom stereocenters. The Balaban J connectivity index is 2.48. The van der Waals surface area contributed by atoms with E-state index in [4.69, 9.17) is 4.74 Å². The molecule has 4 fully saturated rings. The molecule has 0 N–H and O–H groups in total. The zero-order valence-corrected chi connectivity index (χ0v) is 18.0. The van der Waals surface area contributed by atoms with Gasteiger partial charge in [-0.2, -0.15) is 52.7 Å². The van der Waals surface area contributed by atoms with E-state index >= 15 is 0 Å². The molecule has 0 radical (unpaired) electrons. The van der Waals surface area contributed by atoms with Gasteiger partial charge in [0.25, 0.3) is 0 Å². The molecular weight excluding hydrogens is 549 g/mol. The molecule has 4 saturated carbocycles. The van der Waals surface area contributed by atoms with Crippen molar-refractivity contribution in [2.45, 2.75) is 91.4 Å². The van der Waals surface area contributed by atoms with Crippen molar-refractivity contribution in [3.05, 3.63) is 11.8 Å². The van der Waals surface area contributed by atoms with Crippen LogP contribution < -0.4 is 0 Å². The molecule has 18 heteroatoms. The van der Waals surface area contributed by atoms with Crippen LogP contribution >= 0.6 is 0 Å². The van der Waals surface area contributed by atoms with Crippen molar-refractivity contribution < 1.29 is 80.1 Å². The second-order valence-corrected chi connectivity index (χ2v) is 9.52. The van der Waals surface area contributed by atoms with E-state index in [-0.39, 0.29) is 6.26 Å². The summed E-state index contributed by atoms with van der Waals surface area (Å²) in [4.78, 5) is 12.1. The molecule has 0 aromatic carbocycles. The van der Waals surface area contributed by atoms with Crippen molar-refractivity contribution >= 4 is 5.97 Å². The minimum Gasteiger partial charge on any atom is -0.495 e. The van der Waals surface area contributed by atoms with Crippen molar-refractivity contribution in [2.24, 2.45) is 0 Å². The molecule has 0 heterocycles. The van der Waals surface area contributed by atoms with E-state index in [1.807, 2.05) is 0 Å². The van der Waals surface area contributed by atoms with Crippen molar-refractivity contribution in [2.75, 3.05) is 0 Å². The number of halogens is 15. The Labute approximate surface area is 190 Å². The predicted octanol–water partition coefficient (Wildman–Crippen LogP) is 5.96. The van der Waals surface area contributed by atoms with Gasteiger partial charge in [-0.3, -0.25) is 0 Å². The van der Waals surface area contributed by atoms with Crippen molar-refractivity contribution in [3.63, 3.8) is 0 Å². The molecule has 208 valence electrons. The Morgan fingerprint density at radius 2 is 0.861 bits per heavy atom. The first-order valence-electron chi connectivity index (χ1n) is 9.43. The van der Waals surface area contributed by atoms with Crippen LogP contribution in [0.15, 0.2) is 11.8 Å². The maximum Gasteiger partial charge on any atom is 0.345 e. The number of ether oxygens (including phenoxy) is 2. The van der Waals surface area contributed by atoms with E-state index in [0.717, 1.165) is 0 Å². The number of hydrogen-bond acceptors (Lipinski definition) is 3. The van der Waals surface area contributed by atoms with E-state index in [1.165, 1.54) is 20.8 Å². The molecule has 0 saturated heterocycles. The molecular formula is C18H13F15O3. The first-order valence-corrected chi connectivity index (χ1v) is 9.43. The summed E-state index contributed by atoms with van der Waals surface area (Å²) in [6.45, 7) is 4.06. The number of carbonyl (C=O) groups excluding carboxylic acids is 1. The minimum absolute atomic E-state index is 0.136. The number of esters is 1. The summed E-state index contributed by atoms with van der Waals surface area (Å²) in [5.74, 6) is -50.2. The van der Waals surface area contributed by atoms with Crippen LogP contribution in [0.3, 0.4) is 0 Å². The fourth-order valence-electron chi connectivity index (χ4n) is 4.53. The first-order chi connectivity index (χ1) is 15.5. The summed E-state index contributed by atoms with van der Waals surface area (Å²) in [6.07, 6.45) is 0.136. The SMILES string of the molecule is CC(=COC(C)(C)C)C(=O)OC12C(F)(F)C3(F)C(F)(F)C(F)(C(F)(F)C(F)(C3(F)F)C1(F)F)C2(F)F. The Morgan fingerprint density at radius 3 is 1.11 bits per heavy atom. The Bertz CT molecular complexity index is 928. The van der Waals surface area contributed by atoms with E-state index in [1.54, 1.807) is 0 Å². The van der Waals surface area contributed by atoms with Gasteiger partial charge in [-0.1, -0.05) is 0 Å². The highest BCUT2D eigenvalue weighted by Gasteiger charge is 3.24. The van der Waals surface area contributed by atoms with Crippen LogP contribution in [0.1, 0.15) is 27.7 Å². The van der Waals surface area contributed by atoms with Gasteiger partial charge in [0.1, 0.15) is 0 Å². The van der Waals surface area contributed by atoms with Crippen LogP contribution in [-0.2, 0) is 14.3 Å². The summed E-state index contributed by atoms with van der Waals surface area (Å²) in [7, 11) is 0. The van der Waals surface area contributed by atoms with Crippen LogP contribution in [0.5, 0.6) is 0 Å². The van der Waals surface area contributed by atoms with E-state index in [0.29, 0.717) is 6.92 Å². The maximum atomic E-state index is 15.0. The lowest BCUT2D eigenvalue weighted by Crippen LogP contribution is -3.10. The molecule has 0 unspecified atom stereocenters. The van der Waals surface area contributed by atoms with Gasteiger partial charge in [0.15, 0.2) is 0 Å². The fraction of sp³-hybridized carbons (Fsp3) is 0.833. The molecule has 0 aromatic rings. The van der Waals surface area contributed by atoms with E-state index < -0.39 is 75.3 Å². The van der Waals surface area contributed by atoms with Gasteiger partial charge in [-0.15, -0.1) is 0 Å². The average Bonchev–Trinajstić information content (AvgIpc) is 2.68. The van der Waals surface area contributed by atoms with Crippen molar-refractivity contribution in [1.29, 1.82) is 0 Å². The molecule has 0 aliphatic heterocycles. The molecule has 4 aliphatic carbocycles.